The lowest BCUT2D eigenvalue weighted by atomic mass is 10.0. The van der Waals surface area contributed by atoms with Gasteiger partial charge >= 0.3 is 0 Å². The van der Waals surface area contributed by atoms with Gasteiger partial charge in [-0.1, -0.05) is 0 Å². The Morgan fingerprint density at radius 3 is 2.91 bits per heavy atom. The van der Waals surface area contributed by atoms with Crippen LogP contribution in [0.25, 0.3) is 10.8 Å². The molecule has 0 bridgehead atoms. The van der Waals surface area contributed by atoms with Crippen molar-refractivity contribution in [2.45, 2.75) is 0 Å². The summed E-state index contributed by atoms with van der Waals surface area (Å²) in [5.74, 6) is 0.605. The molecule has 2 fully saturated rings. The summed E-state index contributed by atoms with van der Waals surface area (Å²) < 4.78 is 0. The first-order chi connectivity index (χ1) is 10.7. The molecule has 0 spiro atoms. The van der Waals surface area contributed by atoms with E-state index in [1.54, 1.807) is 28.7 Å². The molecule has 2 aliphatic rings. The van der Waals surface area contributed by atoms with Gasteiger partial charge in [0.2, 0.25) is 5.91 Å². The molecule has 4 heterocycles. The fourth-order valence-corrected chi connectivity index (χ4v) is 3.69. The molecule has 2 amide bonds. The molecule has 0 aromatic carbocycles. The molecular formula is C14H13N5O2S. The first-order valence-corrected chi connectivity index (χ1v) is 7.90. The van der Waals surface area contributed by atoms with Gasteiger partial charge in [-0.3, -0.25) is 9.59 Å². The number of carbonyl (C=O) groups is 2. The summed E-state index contributed by atoms with van der Waals surface area (Å²) in [5.41, 5.74) is 0.396. The van der Waals surface area contributed by atoms with E-state index < -0.39 is 0 Å². The van der Waals surface area contributed by atoms with Crippen LogP contribution in [0.4, 0.5) is 0 Å². The molecule has 8 heteroatoms. The number of amides is 2. The fraction of sp³-hybridized carbons (Fsp3) is 0.357. The summed E-state index contributed by atoms with van der Waals surface area (Å²) in [4.78, 5) is 38.5. The molecule has 2 aliphatic heterocycles. The molecule has 2 saturated heterocycles. The standard InChI is InChI=1S/C14H13N5O2S/c20-12-9-6-19(5-8(9)4-17-12)14(21)10-7-22-13(18-10)11-15-2-1-3-16-11/h1-3,7-9H,4-6H2,(H,17,20)/t8-,9+/m0/s1. The van der Waals surface area contributed by atoms with Crippen molar-refractivity contribution in [1.82, 2.24) is 25.2 Å². The monoisotopic (exact) mass is 315 g/mol. The second-order valence-corrected chi connectivity index (χ2v) is 6.29. The lowest BCUT2D eigenvalue weighted by molar-refractivity contribution is -0.122. The van der Waals surface area contributed by atoms with Crippen molar-refractivity contribution in [3.63, 3.8) is 0 Å². The zero-order valence-electron chi connectivity index (χ0n) is 11.6. The van der Waals surface area contributed by atoms with Crippen molar-refractivity contribution in [3.8, 4) is 10.8 Å². The van der Waals surface area contributed by atoms with Gasteiger partial charge in [0.15, 0.2) is 10.8 Å². The van der Waals surface area contributed by atoms with Gasteiger partial charge in [0.05, 0.1) is 5.92 Å². The Labute approximate surface area is 130 Å². The summed E-state index contributed by atoms with van der Waals surface area (Å²) >= 11 is 1.35. The van der Waals surface area contributed by atoms with E-state index in [-0.39, 0.29) is 23.7 Å². The Kier molecular flexibility index (Phi) is 3.11. The molecule has 112 valence electrons. The maximum Gasteiger partial charge on any atom is 0.273 e. The summed E-state index contributed by atoms with van der Waals surface area (Å²) in [7, 11) is 0. The summed E-state index contributed by atoms with van der Waals surface area (Å²) in [6.07, 6.45) is 3.29. The van der Waals surface area contributed by atoms with Crippen molar-refractivity contribution in [2.75, 3.05) is 19.6 Å². The van der Waals surface area contributed by atoms with Gasteiger partial charge in [-0.05, 0) is 6.07 Å². The highest BCUT2D eigenvalue weighted by atomic mass is 32.1. The number of carbonyl (C=O) groups excluding carboxylic acids is 2. The van der Waals surface area contributed by atoms with Gasteiger partial charge < -0.3 is 10.2 Å². The topological polar surface area (TPSA) is 88.1 Å². The number of nitrogens with one attached hydrogen (secondary N) is 1. The SMILES string of the molecule is O=C1NC[C@H]2CN(C(=O)c3csc(-c4ncccn4)n3)C[C@@H]12. The minimum atomic E-state index is -0.124. The van der Waals surface area contributed by atoms with Crippen molar-refractivity contribution in [3.05, 3.63) is 29.5 Å². The van der Waals surface area contributed by atoms with Crippen LogP contribution in [0.1, 0.15) is 10.5 Å². The van der Waals surface area contributed by atoms with E-state index >= 15 is 0 Å². The van der Waals surface area contributed by atoms with Gasteiger partial charge in [-0.15, -0.1) is 11.3 Å². The van der Waals surface area contributed by atoms with Crippen LogP contribution in [0.2, 0.25) is 0 Å². The maximum absolute atomic E-state index is 12.5. The van der Waals surface area contributed by atoms with Gasteiger partial charge in [-0.25, -0.2) is 15.0 Å². The van der Waals surface area contributed by atoms with E-state index in [1.807, 2.05) is 0 Å². The number of likely N-dealkylation sites (tertiary alicyclic amines) is 1. The van der Waals surface area contributed by atoms with Crippen molar-refractivity contribution >= 4 is 23.2 Å². The van der Waals surface area contributed by atoms with Crippen LogP contribution < -0.4 is 5.32 Å². The molecule has 0 radical (unpaired) electrons. The number of thiazole rings is 1. The smallest absolute Gasteiger partial charge is 0.273 e. The lowest BCUT2D eigenvalue weighted by Crippen LogP contribution is -2.33. The highest BCUT2D eigenvalue weighted by molar-refractivity contribution is 7.13. The third-order valence-electron chi connectivity index (χ3n) is 4.08. The molecule has 2 aromatic rings. The highest BCUT2D eigenvalue weighted by Gasteiger charge is 2.43. The third kappa shape index (κ3) is 2.16. The maximum atomic E-state index is 12.5. The average molecular weight is 315 g/mol. The normalized spacial score (nSPS) is 23.5. The molecule has 0 aliphatic carbocycles. The molecule has 0 unspecified atom stereocenters. The lowest BCUT2D eigenvalue weighted by Gasteiger charge is -2.15. The molecule has 7 nitrogen and oxygen atoms in total. The Morgan fingerprint density at radius 1 is 1.32 bits per heavy atom. The summed E-state index contributed by atoms with van der Waals surface area (Å²) in [6.45, 7) is 1.74. The average Bonchev–Trinajstić information content (AvgIpc) is 3.25. The van der Waals surface area contributed by atoms with Gasteiger partial charge in [-0.2, -0.15) is 0 Å². The zero-order valence-corrected chi connectivity index (χ0v) is 12.4. The van der Waals surface area contributed by atoms with Crippen LogP contribution in [0.15, 0.2) is 23.8 Å². The highest BCUT2D eigenvalue weighted by Crippen LogP contribution is 2.29. The van der Waals surface area contributed by atoms with Crippen LogP contribution in [-0.4, -0.2) is 51.3 Å². The Morgan fingerprint density at radius 2 is 2.14 bits per heavy atom. The van der Waals surface area contributed by atoms with Gasteiger partial charge in [0.1, 0.15) is 5.69 Å². The fourth-order valence-electron chi connectivity index (χ4n) is 2.95. The zero-order chi connectivity index (χ0) is 15.1. The first-order valence-electron chi connectivity index (χ1n) is 7.02. The molecule has 1 N–H and O–H groups in total. The minimum Gasteiger partial charge on any atom is -0.355 e. The summed E-state index contributed by atoms with van der Waals surface area (Å²) in [6, 6.07) is 1.73. The number of rotatable bonds is 2. The first kappa shape index (κ1) is 13.3. The molecular weight excluding hydrogens is 302 g/mol. The molecule has 22 heavy (non-hydrogen) atoms. The molecule has 0 saturated carbocycles. The second kappa shape index (κ2) is 5.13. The summed E-state index contributed by atoms with van der Waals surface area (Å²) in [5, 5.41) is 5.19. The van der Waals surface area contributed by atoms with E-state index in [9.17, 15) is 9.59 Å². The van der Waals surface area contributed by atoms with Gasteiger partial charge in [0.25, 0.3) is 5.91 Å². The molecule has 2 atom stereocenters. The van der Waals surface area contributed by atoms with E-state index in [0.717, 1.165) is 0 Å². The van der Waals surface area contributed by atoms with Crippen LogP contribution in [-0.2, 0) is 4.79 Å². The largest absolute Gasteiger partial charge is 0.355 e. The second-order valence-electron chi connectivity index (χ2n) is 5.43. The minimum absolute atomic E-state index is 0.0527. The molecule has 4 rings (SSSR count). The quantitative estimate of drug-likeness (QED) is 0.867. The predicted octanol–water partition coefficient (Wildman–Crippen LogP) is 0.418. The van der Waals surface area contributed by atoms with Gasteiger partial charge in [0, 0.05) is 43.3 Å². The Bertz CT molecular complexity index is 732. The Balaban J connectivity index is 1.52. The number of hydrogen-bond acceptors (Lipinski definition) is 6. The Hall–Kier alpha value is -2.35. The third-order valence-corrected chi connectivity index (χ3v) is 4.92. The van der Waals surface area contributed by atoms with Crippen LogP contribution in [0.5, 0.6) is 0 Å². The number of fused-ring (bicyclic) bond motifs is 1. The van der Waals surface area contributed by atoms with E-state index in [2.05, 4.69) is 20.3 Å². The van der Waals surface area contributed by atoms with E-state index in [1.165, 1.54) is 11.3 Å². The van der Waals surface area contributed by atoms with Crippen molar-refractivity contribution in [1.29, 1.82) is 0 Å². The number of aromatic nitrogens is 3. The van der Waals surface area contributed by atoms with E-state index in [4.69, 9.17) is 0 Å². The van der Waals surface area contributed by atoms with E-state index in [0.29, 0.717) is 36.2 Å². The predicted molar refractivity (Wildman–Crippen MR) is 79.0 cm³/mol. The van der Waals surface area contributed by atoms with Crippen LogP contribution >= 0.6 is 11.3 Å². The number of nitrogens with zero attached hydrogens (tertiary/aromatic N) is 4. The molecule has 2 aromatic heterocycles. The van der Waals surface area contributed by atoms with Crippen LogP contribution in [0, 0.1) is 11.8 Å². The van der Waals surface area contributed by atoms with Crippen molar-refractivity contribution in [2.24, 2.45) is 11.8 Å². The van der Waals surface area contributed by atoms with Crippen LogP contribution in [0.3, 0.4) is 0 Å². The van der Waals surface area contributed by atoms with Crippen molar-refractivity contribution < 1.29 is 9.59 Å². The number of hydrogen-bond donors (Lipinski definition) is 1.